The van der Waals surface area contributed by atoms with Gasteiger partial charge in [0.05, 0.1) is 4.88 Å². The minimum atomic E-state index is 0.141. The largest absolute Gasteiger partial charge is 0.344 e. The van der Waals surface area contributed by atoms with Crippen molar-refractivity contribution in [1.29, 1.82) is 0 Å². The molecule has 0 bridgehead atoms. The summed E-state index contributed by atoms with van der Waals surface area (Å²) in [5.74, 6) is 0.913. The van der Waals surface area contributed by atoms with Gasteiger partial charge < -0.3 is 4.90 Å². The molecule has 2 nitrogen and oxygen atoms in total. The molecule has 1 aromatic heterocycles. The van der Waals surface area contributed by atoms with Gasteiger partial charge in [0.15, 0.2) is 0 Å². The number of hydrogen-bond donors (Lipinski definition) is 0. The van der Waals surface area contributed by atoms with E-state index in [1.54, 1.807) is 16.2 Å². The second-order valence-electron chi connectivity index (χ2n) is 4.61. The van der Waals surface area contributed by atoms with Crippen molar-refractivity contribution in [2.24, 2.45) is 5.92 Å². The predicted octanol–water partition coefficient (Wildman–Crippen LogP) is 2.57. The molecular formula is C12H17NOS. The van der Waals surface area contributed by atoms with Gasteiger partial charge in [-0.3, -0.25) is 4.79 Å². The normalized spacial score (nSPS) is 19.8. The van der Waals surface area contributed by atoms with Crippen LogP contribution in [0.2, 0.25) is 0 Å². The zero-order valence-electron chi connectivity index (χ0n) is 9.54. The van der Waals surface area contributed by atoms with Crippen molar-refractivity contribution in [2.45, 2.75) is 26.2 Å². The highest BCUT2D eigenvalue weighted by Crippen LogP contribution is 2.32. The second kappa shape index (κ2) is 3.97. The van der Waals surface area contributed by atoms with Gasteiger partial charge in [-0.05, 0) is 36.8 Å². The van der Waals surface area contributed by atoms with Gasteiger partial charge >= 0.3 is 0 Å². The quantitative estimate of drug-likeness (QED) is 0.716. The molecule has 1 atom stereocenters. The Balaban J connectivity index is 2.26. The van der Waals surface area contributed by atoms with Crippen molar-refractivity contribution in [1.82, 2.24) is 4.90 Å². The SMILES string of the molecule is CC1CCc2sc(C(=O)N(C)C)cc2C1. The van der Waals surface area contributed by atoms with E-state index in [1.807, 2.05) is 14.1 Å². The molecule has 0 radical (unpaired) electrons. The first-order valence-corrected chi connectivity index (χ1v) is 6.23. The number of carbonyl (C=O) groups is 1. The van der Waals surface area contributed by atoms with Crippen LogP contribution in [0.3, 0.4) is 0 Å². The minimum absolute atomic E-state index is 0.141. The molecule has 0 fully saturated rings. The van der Waals surface area contributed by atoms with Crippen molar-refractivity contribution >= 4 is 17.2 Å². The predicted molar refractivity (Wildman–Crippen MR) is 63.5 cm³/mol. The summed E-state index contributed by atoms with van der Waals surface area (Å²) in [6.07, 6.45) is 3.57. The van der Waals surface area contributed by atoms with Crippen LogP contribution in [0.25, 0.3) is 0 Å². The van der Waals surface area contributed by atoms with E-state index in [4.69, 9.17) is 0 Å². The van der Waals surface area contributed by atoms with Gasteiger partial charge in [-0.25, -0.2) is 0 Å². The highest BCUT2D eigenvalue weighted by Gasteiger charge is 2.21. The van der Waals surface area contributed by atoms with E-state index in [-0.39, 0.29) is 5.91 Å². The molecule has 0 spiro atoms. The van der Waals surface area contributed by atoms with Gasteiger partial charge in [-0.2, -0.15) is 0 Å². The molecule has 1 heterocycles. The zero-order chi connectivity index (χ0) is 11.0. The Bertz CT molecular complexity index is 381. The molecule has 15 heavy (non-hydrogen) atoms. The van der Waals surface area contributed by atoms with E-state index >= 15 is 0 Å². The number of amides is 1. The molecule has 1 unspecified atom stereocenters. The Labute approximate surface area is 94.9 Å². The van der Waals surface area contributed by atoms with Crippen molar-refractivity contribution in [3.63, 3.8) is 0 Å². The molecule has 2 rings (SSSR count). The Kier molecular flexibility index (Phi) is 2.83. The van der Waals surface area contributed by atoms with Crippen LogP contribution in [0.5, 0.6) is 0 Å². The third-order valence-electron chi connectivity index (χ3n) is 2.95. The van der Waals surface area contributed by atoms with E-state index < -0.39 is 0 Å². The van der Waals surface area contributed by atoms with Gasteiger partial charge in [0.25, 0.3) is 5.91 Å². The van der Waals surface area contributed by atoms with Crippen LogP contribution in [0.15, 0.2) is 6.07 Å². The number of fused-ring (bicyclic) bond motifs is 1. The van der Waals surface area contributed by atoms with E-state index in [2.05, 4.69) is 13.0 Å². The van der Waals surface area contributed by atoms with Crippen molar-refractivity contribution in [2.75, 3.05) is 14.1 Å². The monoisotopic (exact) mass is 223 g/mol. The van der Waals surface area contributed by atoms with E-state index in [1.165, 1.54) is 16.9 Å². The van der Waals surface area contributed by atoms with Gasteiger partial charge in [-0.1, -0.05) is 6.92 Å². The average molecular weight is 223 g/mol. The standard InChI is InChI=1S/C12H17NOS/c1-8-4-5-10-9(6-8)7-11(15-10)12(14)13(2)3/h7-8H,4-6H2,1-3H3. The van der Waals surface area contributed by atoms with Crippen molar-refractivity contribution in [3.8, 4) is 0 Å². The minimum Gasteiger partial charge on any atom is -0.344 e. The number of rotatable bonds is 1. The first kappa shape index (κ1) is 10.7. The molecule has 1 amide bonds. The first-order valence-electron chi connectivity index (χ1n) is 5.41. The molecule has 3 heteroatoms. The summed E-state index contributed by atoms with van der Waals surface area (Å²) in [6.45, 7) is 2.29. The molecule has 0 aromatic carbocycles. The number of nitrogens with zero attached hydrogens (tertiary/aromatic N) is 1. The third-order valence-corrected chi connectivity index (χ3v) is 4.17. The van der Waals surface area contributed by atoms with Gasteiger partial charge in [0, 0.05) is 19.0 Å². The molecule has 0 saturated heterocycles. The Hall–Kier alpha value is -0.830. The molecule has 0 saturated carbocycles. The Morgan fingerprint density at radius 3 is 2.93 bits per heavy atom. The molecule has 0 aliphatic heterocycles. The second-order valence-corrected chi connectivity index (χ2v) is 5.74. The molecule has 0 N–H and O–H groups in total. The summed E-state index contributed by atoms with van der Waals surface area (Å²) < 4.78 is 0. The lowest BCUT2D eigenvalue weighted by molar-refractivity contribution is 0.0832. The molecular weight excluding hydrogens is 206 g/mol. The lowest BCUT2D eigenvalue weighted by Crippen LogP contribution is -2.20. The summed E-state index contributed by atoms with van der Waals surface area (Å²) in [7, 11) is 3.62. The van der Waals surface area contributed by atoms with Crippen LogP contribution < -0.4 is 0 Å². The highest BCUT2D eigenvalue weighted by atomic mass is 32.1. The summed E-state index contributed by atoms with van der Waals surface area (Å²) in [6, 6.07) is 2.10. The van der Waals surface area contributed by atoms with Crippen molar-refractivity contribution < 1.29 is 4.79 Å². The fraction of sp³-hybridized carbons (Fsp3) is 0.583. The van der Waals surface area contributed by atoms with Crippen LogP contribution >= 0.6 is 11.3 Å². The zero-order valence-corrected chi connectivity index (χ0v) is 10.4. The molecule has 1 aliphatic rings. The van der Waals surface area contributed by atoms with Gasteiger partial charge in [0.1, 0.15) is 0 Å². The lowest BCUT2D eigenvalue weighted by Gasteiger charge is -2.16. The maximum atomic E-state index is 11.8. The Morgan fingerprint density at radius 1 is 1.53 bits per heavy atom. The summed E-state index contributed by atoms with van der Waals surface area (Å²) in [5, 5.41) is 0. The van der Waals surface area contributed by atoms with E-state index in [9.17, 15) is 4.79 Å². The molecule has 1 aromatic rings. The van der Waals surface area contributed by atoms with E-state index in [0.717, 1.165) is 23.6 Å². The van der Waals surface area contributed by atoms with E-state index in [0.29, 0.717) is 0 Å². The van der Waals surface area contributed by atoms with Crippen LogP contribution in [0.1, 0.15) is 33.5 Å². The third kappa shape index (κ3) is 2.07. The van der Waals surface area contributed by atoms with Gasteiger partial charge in [-0.15, -0.1) is 11.3 Å². The van der Waals surface area contributed by atoms with Gasteiger partial charge in [0.2, 0.25) is 0 Å². The molecule has 1 aliphatic carbocycles. The number of aryl methyl sites for hydroxylation is 1. The van der Waals surface area contributed by atoms with Crippen LogP contribution in [-0.4, -0.2) is 24.9 Å². The fourth-order valence-electron chi connectivity index (χ4n) is 2.03. The fourth-order valence-corrected chi connectivity index (χ4v) is 3.26. The first-order chi connectivity index (χ1) is 7.08. The maximum absolute atomic E-state index is 11.8. The lowest BCUT2D eigenvalue weighted by atomic mass is 9.90. The maximum Gasteiger partial charge on any atom is 0.263 e. The van der Waals surface area contributed by atoms with Crippen LogP contribution in [-0.2, 0) is 12.8 Å². The average Bonchev–Trinajstić information content (AvgIpc) is 2.58. The Morgan fingerprint density at radius 2 is 2.27 bits per heavy atom. The smallest absolute Gasteiger partial charge is 0.263 e. The molecule has 82 valence electrons. The number of carbonyl (C=O) groups excluding carboxylic acids is 1. The summed E-state index contributed by atoms with van der Waals surface area (Å²) in [5.41, 5.74) is 1.41. The van der Waals surface area contributed by atoms with Crippen molar-refractivity contribution in [3.05, 3.63) is 21.4 Å². The summed E-state index contributed by atoms with van der Waals surface area (Å²) >= 11 is 1.68. The topological polar surface area (TPSA) is 20.3 Å². The van der Waals surface area contributed by atoms with Crippen LogP contribution in [0, 0.1) is 5.92 Å². The summed E-state index contributed by atoms with van der Waals surface area (Å²) in [4.78, 5) is 15.8. The van der Waals surface area contributed by atoms with Crippen LogP contribution in [0.4, 0.5) is 0 Å². The number of hydrogen-bond acceptors (Lipinski definition) is 2. The highest BCUT2D eigenvalue weighted by molar-refractivity contribution is 7.14. The number of thiophene rings is 1.